The highest BCUT2D eigenvalue weighted by Crippen LogP contribution is 2.45. The lowest BCUT2D eigenvalue weighted by Gasteiger charge is -2.17. The molecule has 1 heterocycles. The predicted octanol–water partition coefficient (Wildman–Crippen LogP) is 3.22. The first kappa shape index (κ1) is 14.4. The van der Waals surface area contributed by atoms with Crippen LogP contribution in [0.3, 0.4) is 0 Å². The molecule has 0 aromatic carbocycles. The van der Waals surface area contributed by atoms with Crippen molar-refractivity contribution in [3.63, 3.8) is 0 Å². The normalized spacial score (nSPS) is 20.6. The Labute approximate surface area is 126 Å². The largest absolute Gasteiger partial charge is 0.313 e. The second-order valence-electron chi connectivity index (χ2n) is 6.55. The minimum atomic E-state index is 0.582. The summed E-state index contributed by atoms with van der Waals surface area (Å²) in [6.45, 7) is 7.82. The molecule has 1 N–H and O–H groups in total. The summed E-state index contributed by atoms with van der Waals surface area (Å²) in [5, 5.41) is 13.6. The molecule has 4 nitrogen and oxygen atoms in total. The number of hydrogen-bond acceptors (Lipinski definition) is 4. The van der Waals surface area contributed by atoms with Gasteiger partial charge in [-0.2, -0.15) is 0 Å². The van der Waals surface area contributed by atoms with E-state index in [0.717, 1.165) is 17.5 Å². The van der Waals surface area contributed by atoms with Gasteiger partial charge < -0.3 is 9.88 Å². The monoisotopic (exact) mass is 294 g/mol. The van der Waals surface area contributed by atoms with Crippen molar-refractivity contribution in [2.75, 3.05) is 12.3 Å². The van der Waals surface area contributed by atoms with E-state index in [1.807, 2.05) is 11.8 Å². The predicted molar refractivity (Wildman–Crippen MR) is 83.3 cm³/mol. The van der Waals surface area contributed by atoms with Crippen molar-refractivity contribution in [1.29, 1.82) is 0 Å². The summed E-state index contributed by atoms with van der Waals surface area (Å²) in [4.78, 5) is 0. The second kappa shape index (κ2) is 6.06. The zero-order chi connectivity index (χ0) is 14.1. The molecule has 2 saturated carbocycles. The lowest BCUT2D eigenvalue weighted by molar-refractivity contribution is 0.438. The van der Waals surface area contributed by atoms with Gasteiger partial charge in [-0.25, -0.2) is 0 Å². The third-order valence-corrected chi connectivity index (χ3v) is 5.29. The molecule has 1 atom stereocenters. The van der Waals surface area contributed by atoms with Gasteiger partial charge in [-0.3, -0.25) is 0 Å². The average molecular weight is 294 g/mol. The molecule has 0 radical (unpaired) electrons. The summed E-state index contributed by atoms with van der Waals surface area (Å²) in [6.07, 6.45) is 5.24. The van der Waals surface area contributed by atoms with Gasteiger partial charge in [0.2, 0.25) is 0 Å². The molecular weight excluding hydrogens is 268 g/mol. The molecule has 3 rings (SSSR count). The summed E-state index contributed by atoms with van der Waals surface area (Å²) in [5.74, 6) is 3.73. The number of rotatable bonds is 8. The molecule has 2 aliphatic carbocycles. The van der Waals surface area contributed by atoms with Crippen LogP contribution in [0.25, 0.3) is 0 Å². The van der Waals surface area contributed by atoms with Gasteiger partial charge in [0.1, 0.15) is 5.82 Å². The van der Waals surface area contributed by atoms with Crippen LogP contribution in [0.15, 0.2) is 5.16 Å². The lowest BCUT2D eigenvalue weighted by Crippen LogP contribution is -2.32. The van der Waals surface area contributed by atoms with Gasteiger partial charge in [0.05, 0.1) is 0 Å². The molecule has 1 aromatic rings. The second-order valence-corrected chi connectivity index (χ2v) is 7.61. The maximum atomic E-state index is 4.45. The summed E-state index contributed by atoms with van der Waals surface area (Å²) < 4.78 is 2.44. The first-order chi connectivity index (χ1) is 9.66. The van der Waals surface area contributed by atoms with Crippen LogP contribution < -0.4 is 5.32 Å². The van der Waals surface area contributed by atoms with Gasteiger partial charge in [0.25, 0.3) is 0 Å². The fraction of sp³-hybridized carbons (Fsp3) is 0.867. The quantitative estimate of drug-likeness (QED) is 0.590. The third kappa shape index (κ3) is 3.37. The van der Waals surface area contributed by atoms with E-state index in [1.165, 1.54) is 31.5 Å². The van der Waals surface area contributed by atoms with Crippen molar-refractivity contribution in [1.82, 2.24) is 20.1 Å². The summed E-state index contributed by atoms with van der Waals surface area (Å²) >= 11 is 1.86. The Morgan fingerprint density at radius 1 is 1.20 bits per heavy atom. The molecule has 0 aliphatic heterocycles. The smallest absolute Gasteiger partial charge is 0.191 e. The molecular formula is C15H26N4S. The topological polar surface area (TPSA) is 42.7 Å². The van der Waals surface area contributed by atoms with Gasteiger partial charge in [-0.15, -0.1) is 10.2 Å². The fourth-order valence-corrected chi connectivity index (χ4v) is 3.23. The average Bonchev–Trinajstić information content (AvgIpc) is 3.33. The van der Waals surface area contributed by atoms with E-state index < -0.39 is 0 Å². The van der Waals surface area contributed by atoms with Crippen molar-refractivity contribution >= 4 is 11.8 Å². The Kier molecular flexibility index (Phi) is 4.36. The maximum absolute atomic E-state index is 4.45. The Morgan fingerprint density at radius 3 is 2.55 bits per heavy atom. The summed E-state index contributed by atoms with van der Waals surface area (Å²) in [7, 11) is 0. The first-order valence-electron chi connectivity index (χ1n) is 7.97. The van der Waals surface area contributed by atoms with Gasteiger partial charge in [0.15, 0.2) is 5.16 Å². The van der Waals surface area contributed by atoms with Crippen LogP contribution in [0.5, 0.6) is 0 Å². The first-order valence-corrected chi connectivity index (χ1v) is 8.96. The highest BCUT2D eigenvalue weighted by molar-refractivity contribution is 7.99. The SMILES string of the molecule is CC(C)C(C)NCCSc1nnc(C2CC2)n1C1CC1. The van der Waals surface area contributed by atoms with E-state index in [1.54, 1.807) is 0 Å². The zero-order valence-corrected chi connectivity index (χ0v) is 13.6. The molecule has 5 heteroatoms. The minimum Gasteiger partial charge on any atom is -0.313 e. The Bertz CT molecular complexity index is 449. The van der Waals surface area contributed by atoms with Crippen molar-refractivity contribution < 1.29 is 0 Å². The Morgan fingerprint density at radius 2 is 1.95 bits per heavy atom. The highest BCUT2D eigenvalue weighted by Gasteiger charge is 2.36. The minimum absolute atomic E-state index is 0.582. The van der Waals surface area contributed by atoms with Crippen molar-refractivity contribution in [3.05, 3.63) is 5.82 Å². The molecule has 112 valence electrons. The molecule has 1 aromatic heterocycles. The van der Waals surface area contributed by atoms with E-state index in [-0.39, 0.29) is 0 Å². The number of hydrogen-bond donors (Lipinski definition) is 1. The highest BCUT2D eigenvalue weighted by atomic mass is 32.2. The van der Waals surface area contributed by atoms with Crippen molar-refractivity contribution in [2.24, 2.45) is 5.92 Å². The van der Waals surface area contributed by atoms with E-state index in [0.29, 0.717) is 23.9 Å². The Hall–Kier alpha value is -0.550. The third-order valence-electron chi connectivity index (χ3n) is 4.34. The van der Waals surface area contributed by atoms with Crippen LogP contribution in [0.4, 0.5) is 0 Å². The molecule has 2 aliphatic rings. The van der Waals surface area contributed by atoms with Crippen LogP contribution >= 0.6 is 11.8 Å². The van der Waals surface area contributed by atoms with E-state index in [2.05, 4.69) is 40.9 Å². The number of thioether (sulfide) groups is 1. The van der Waals surface area contributed by atoms with Crippen LogP contribution in [-0.2, 0) is 0 Å². The van der Waals surface area contributed by atoms with Gasteiger partial charge in [-0.1, -0.05) is 25.6 Å². The standard InChI is InChI=1S/C15H26N4S/c1-10(2)11(3)16-8-9-20-15-18-17-14(12-4-5-12)19(15)13-6-7-13/h10-13,16H,4-9H2,1-3H3. The molecule has 2 fully saturated rings. The molecule has 0 saturated heterocycles. The number of nitrogens with one attached hydrogen (secondary N) is 1. The van der Waals surface area contributed by atoms with Crippen molar-refractivity contribution in [3.8, 4) is 0 Å². The lowest BCUT2D eigenvalue weighted by atomic mass is 10.1. The molecule has 0 bridgehead atoms. The molecule has 1 unspecified atom stereocenters. The van der Waals surface area contributed by atoms with Crippen LogP contribution in [-0.4, -0.2) is 33.1 Å². The van der Waals surface area contributed by atoms with Gasteiger partial charge >= 0.3 is 0 Å². The zero-order valence-electron chi connectivity index (χ0n) is 12.8. The number of aromatic nitrogens is 3. The molecule has 20 heavy (non-hydrogen) atoms. The number of nitrogens with zero attached hydrogens (tertiary/aromatic N) is 3. The van der Waals surface area contributed by atoms with Crippen LogP contribution in [0.1, 0.15) is 64.2 Å². The Balaban J connectivity index is 1.52. The van der Waals surface area contributed by atoms with Gasteiger partial charge in [0, 0.05) is 30.3 Å². The van der Waals surface area contributed by atoms with E-state index in [9.17, 15) is 0 Å². The summed E-state index contributed by atoms with van der Waals surface area (Å²) in [5.41, 5.74) is 0. The van der Waals surface area contributed by atoms with E-state index >= 15 is 0 Å². The molecule has 0 amide bonds. The van der Waals surface area contributed by atoms with Crippen LogP contribution in [0, 0.1) is 5.92 Å². The van der Waals surface area contributed by atoms with Gasteiger partial charge in [-0.05, 0) is 38.5 Å². The van der Waals surface area contributed by atoms with E-state index in [4.69, 9.17) is 0 Å². The fourth-order valence-electron chi connectivity index (χ4n) is 2.35. The van der Waals surface area contributed by atoms with Crippen molar-refractivity contribution in [2.45, 2.75) is 69.6 Å². The maximum Gasteiger partial charge on any atom is 0.191 e. The molecule has 0 spiro atoms. The summed E-state index contributed by atoms with van der Waals surface area (Å²) in [6, 6.07) is 1.28. The van der Waals surface area contributed by atoms with Crippen LogP contribution in [0.2, 0.25) is 0 Å².